The molecule has 1 N–H and O–H groups in total. The molecule has 3 heterocycles. The Balaban J connectivity index is 1.40. The summed E-state index contributed by atoms with van der Waals surface area (Å²) in [6.07, 6.45) is 5.46. The Morgan fingerprint density at radius 1 is 1.24 bits per heavy atom. The normalized spacial score (nSPS) is 31.4. The third-order valence-electron chi connectivity index (χ3n) is 6.00. The van der Waals surface area contributed by atoms with Crippen molar-refractivity contribution in [2.75, 3.05) is 13.1 Å². The molecule has 1 aromatic carbocycles. The van der Waals surface area contributed by atoms with Gasteiger partial charge in [0.1, 0.15) is 11.4 Å². The average molecular weight is 335 g/mol. The smallest absolute Gasteiger partial charge is 0.253 e. The van der Waals surface area contributed by atoms with Gasteiger partial charge in [-0.3, -0.25) is 14.7 Å². The number of aliphatic imine (C=N–C) groups is 1. The van der Waals surface area contributed by atoms with Crippen LogP contribution in [0.4, 0.5) is 0 Å². The molecular formula is C20H21N3O2. The summed E-state index contributed by atoms with van der Waals surface area (Å²) in [5.41, 5.74) is 1.61. The molecule has 3 atom stereocenters. The summed E-state index contributed by atoms with van der Waals surface area (Å²) in [5, 5.41) is 3.05. The van der Waals surface area contributed by atoms with Crippen molar-refractivity contribution < 1.29 is 9.21 Å². The SMILES string of the molecule is O=C1NC(c2ccccc2)=N[C@@]12CC[C@H]1CN(Cc3ccoc3)C[C@H]12. The summed E-state index contributed by atoms with van der Waals surface area (Å²) in [7, 11) is 0. The quantitative estimate of drug-likeness (QED) is 0.937. The maximum absolute atomic E-state index is 12.9. The van der Waals surface area contributed by atoms with Gasteiger partial charge in [-0.2, -0.15) is 0 Å². The van der Waals surface area contributed by atoms with E-state index in [4.69, 9.17) is 9.41 Å². The van der Waals surface area contributed by atoms with Crippen LogP contribution in [0.25, 0.3) is 0 Å². The van der Waals surface area contributed by atoms with Gasteiger partial charge in [-0.1, -0.05) is 30.3 Å². The van der Waals surface area contributed by atoms with Crippen LogP contribution in [0.3, 0.4) is 0 Å². The zero-order valence-corrected chi connectivity index (χ0v) is 14.0. The lowest BCUT2D eigenvalue weighted by atomic mass is 9.85. The third kappa shape index (κ3) is 2.34. The van der Waals surface area contributed by atoms with Crippen LogP contribution >= 0.6 is 0 Å². The number of furan rings is 1. The first-order chi connectivity index (χ1) is 12.2. The zero-order valence-electron chi connectivity index (χ0n) is 14.0. The van der Waals surface area contributed by atoms with E-state index in [2.05, 4.69) is 10.2 Å². The van der Waals surface area contributed by atoms with Gasteiger partial charge in [0.2, 0.25) is 0 Å². The van der Waals surface area contributed by atoms with Crippen LogP contribution in [0.15, 0.2) is 58.3 Å². The van der Waals surface area contributed by atoms with Crippen molar-refractivity contribution in [2.24, 2.45) is 16.8 Å². The number of rotatable bonds is 3. The molecule has 1 amide bonds. The first-order valence-electron chi connectivity index (χ1n) is 8.95. The standard InChI is InChI=1S/C20H21N3O2/c24-19-20(22-18(21-19)15-4-2-1-3-5-15)8-6-16-11-23(12-17(16)20)10-14-7-9-25-13-14/h1-5,7,9,13,16-17H,6,8,10-12H2,(H,21,22,24)/t16-,17+,20+/m0/s1. The Labute approximate surface area is 146 Å². The number of amides is 1. The lowest BCUT2D eigenvalue weighted by Gasteiger charge is -2.25. The van der Waals surface area contributed by atoms with Gasteiger partial charge < -0.3 is 9.73 Å². The van der Waals surface area contributed by atoms with Crippen LogP contribution in [0.5, 0.6) is 0 Å². The number of carbonyl (C=O) groups excluding carboxylic acids is 1. The fourth-order valence-electron chi connectivity index (χ4n) is 4.80. The lowest BCUT2D eigenvalue weighted by molar-refractivity contribution is -0.125. The van der Waals surface area contributed by atoms with E-state index >= 15 is 0 Å². The number of carbonyl (C=O) groups is 1. The molecule has 128 valence electrons. The number of hydrogen-bond acceptors (Lipinski definition) is 4. The fourth-order valence-corrected chi connectivity index (χ4v) is 4.80. The molecule has 5 heteroatoms. The Bertz CT molecular complexity index is 815. The van der Waals surface area contributed by atoms with Crippen LogP contribution in [0, 0.1) is 11.8 Å². The van der Waals surface area contributed by atoms with Crippen molar-refractivity contribution in [2.45, 2.75) is 24.9 Å². The number of hydrogen-bond donors (Lipinski definition) is 1. The number of likely N-dealkylation sites (tertiary alicyclic amines) is 1. The molecule has 5 nitrogen and oxygen atoms in total. The highest BCUT2D eigenvalue weighted by molar-refractivity contribution is 6.15. The van der Waals surface area contributed by atoms with E-state index in [1.54, 1.807) is 12.5 Å². The van der Waals surface area contributed by atoms with Crippen molar-refractivity contribution in [3.8, 4) is 0 Å². The maximum atomic E-state index is 12.9. The van der Waals surface area contributed by atoms with Crippen molar-refractivity contribution >= 4 is 11.7 Å². The molecule has 0 bridgehead atoms. The number of nitrogens with one attached hydrogen (secondary N) is 1. The van der Waals surface area contributed by atoms with Crippen molar-refractivity contribution in [3.63, 3.8) is 0 Å². The molecule has 2 aromatic rings. The monoisotopic (exact) mass is 335 g/mol. The van der Waals surface area contributed by atoms with E-state index in [9.17, 15) is 4.79 Å². The summed E-state index contributed by atoms with van der Waals surface area (Å²) in [5.74, 6) is 1.68. The second kappa shape index (κ2) is 5.56. The molecular weight excluding hydrogens is 314 g/mol. The Kier molecular flexibility index (Phi) is 3.31. The second-order valence-electron chi connectivity index (χ2n) is 7.44. The summed E-state index contributed by atoms with van der Waals surface area (Å²) in [4.78, 5) is 20.3. The van der Waals surface area contributed by atoms with E-state index in [0.29, 0.717) is 11.8 Å². The van der Waals surface area contributed by atoms with Crippen LogP contribution in [-0.4, -0.2) is 35.3 Å². The third-order valence-corrected chi connectivity index (χ3v) is 6.00. The largest absolute Gasteiger partial charge is 0.472 e. The van der Waals surface area contributed by atoms with Crippen molar-refractivity contribution in [1.82, 2.24) is 10.2 Å². The summed E-state index contributed by atoms with van der Waals surface area (Å²) >= 11 is 0. The summed E-state index contributed by atoms with van der Waals surface area (Å²) < 4.78 is 5.18. The van der Waals surface area contributed by atoms with Gasteiger partial charge in [-0.25, -0.2) is 0 Å². The molecule has 3 aliphatic rings. The minimum Gasteiger partial charge on any atom is -0.472 e. The second-order valence-corrected chi connectivity index (χ2v) is 7.44. The fraction of sp³-hybridized carbons (Fsp3) is 0.400. The van der Waals surface area contributed by atoms with Crippen LogP contribution in [0.2, 0.25) is 0 Å². The predicted octanol–water partition coefficient (Wildman–Crippen LogP) is 2.44. The molecule has 1 aliphatic carbocycles. The van der Waals surface area contributed by atoms with E-state index in [0.717, 1.165) is 43.9 Å². The molecule has 1 spiro atoms. The first-order valence-corrected chi connectivity index (χ1v) is 8.95. The number of fused-ring (bicyclic) bond motifs is 2. The lowest BCUT2D eigenvalue weighted by Crippen LogP contribution is -2.44. The number of benzene rings is 1. The van der Waals surface area contributed by atoms with Crippen LogP contribution < -0.4 is 5.32 Å². The van der Waals surface area contributed by atoms with Gasteiger partial charge in [0.15, 0.2) is 0 Å². The Morgan fingerprint density at radius 2 is 2.12 bits per heavy atom. The molecule has 2 aliphatic heterocycles. The average Bonchev–Trinajstić information content (AvgIpc) is 3.38. The van der Waals surface area contributed by atoms with E-state index in [-0.39, 0.29) is 5.91 Å². The van der Waals surface area contributed by atoms with Crippen molar-refractivity contribution in [1.29, 1.82) is 0 Å². The minimum absolute atomic E-state index is 0.0871. The zero-order chi connectivity index (χ0) is 16.9. The topological polar surface area (TPSA) is 57.8 Å². The van der Waals surface area contributed by atoms with Gasteiger partial charge in [0.25, 0.3) is 5.91 Å². The van der Waals surface area contributed by atoms with Gasteiger partial charge in [-0.05, 0) is 24.8 Å². The summed E-state index contributed by atoms with van der Waals surface area (Å²) in [6.45, 7) is 2.85. The Morgan fingerprint density at radius 3 is 2.92 bits per heavy atom. The Hall–Kier alpha value is -2.40. The molecule has 25 heavy (non-hydrogen) atoms. The van der Waals surface area contributed by atoms with Crippen LogP contribution in [0.1, 0.15) is 24.0 Å². The van der Waals surface area contributed by atoms with Gasteiger partial charge in [-0.15, -0.1) is 0 Å². The number of amidine groups is 1. The van der Waals surface area contributed by atoms with Gasteiger partial charge in [0, 0.05) is 36.7 Å². The molecule has 2 fully saturated rings. The maximum Gasteiger partial charge on any atom is 0.253 e. The molecule has 1 saturated carbocycles. The van der Waals surface area contributed by atoms with Crippen molar-refractivity contribution in [3.05, 3.63) is 60.1 Å². The van der Waals surface area contributed by atoms with E-state index in [1.165, 1.54) is 5.56 Å². The highest BCUT2D eigenvalue weighted by Gasteiger charge is 2.59. The molecule has 0 radical (unpaired) electrons. The van der Waals surface area contributed by atoms with E-state index in [1.807, 2.05) is 36.4 Å². The predicted molar refractivity (Wildman–Crippen MR) is 94.1 cm³/mol. The summed E-state index contributed by atoms with van der Waals surface area (Å²) in [6, 6.07) is 12.0. The minimum atomic E-state index is -0.568. The molecule has 0 unspecified atom stereocenters. The van der Waals surface area contributed by atoms with Gasteiger partial charge >= 0.3 is 0 Å². The van der Waals surface area contributed by atoms with Crippen LogP contribution in [-0.2, 0) is 11.3 Å². The number of nitrogens with zero attached hydrogens (tertiary/aromatic N) is 2. The molecule has 5 rings (SSSR count). The van der Waals surface area contributed by atoms with E-state index < -0.39 is 5.54 Å². The molecule has 1 aromatic heterocycles. The molecule has 1 saturated heterocycles. The van der Waals surface area contributed by atoms with Gasteiger partial charge in [0.05, 0.1) is 12.5 Å². The highest BCUT2D eigenvalue weighted by Crippen LogP contribution is 2.49. The first kappa shape index (κ1) is 14.9. The highest BCUT2D eigenvalue weighted by atomic mass is 16.3.